The fraction of sp³-hybridized carbons (Fsp3) is 0. The van der Waals surface area contributed by atoms with Gasteiger partial charge in [0.15, 0.2) is 23.3 Å². The second-order valence-corrected chi connectivity index (χ2v) is 14.9. The molecule has 0 aliphatic carbocycles. The summed E-state index contributed by atoms with van der Waals surface area (Å²) in [6.45, 7) is 0. The van der Waals surface area contributed by atoms with Gasteiger partial charge in [-0.05, 0) is 27.8 Å². The van der Waals surface area contributed by atoms with Crippen LogP contribution in [0.25, 0.3) is 107 Å². The quantitative estimate of drug-likeness (QED) is 0.154. The second-order valence-electron chi connectivity index (χ2n) is 14.9. The minimum atomic E-state index is 0.584. The van der Waals surface area contributed by atoms with Gasteiger partial charge in [0.1, 0.15) is 11.5 Å². The van der Waals surface area contributed by atoms with Crippen molar-refractivity contribution >= 4 is 16.4 Å². The smallest absolute Gasteiger partial charge is 0.164 e. The molecule has 3 aromatic heterocycles. The van der Waals surface area contributed by atoms with E-state index in [4.69, 9.17) is 24.9 Å². The Morgan fingerprint density at radius 1 is 0.230 bits per heavy atom. The summed E-state index contributed by atoms with van der Waals surface area (Å²) in [7, 11) is 0. The first kappa shape index (κ1) is 35.8. The van der Waals surface area contributed by atoms with Crippen LogP contribution in [0.3, 0.4) is 0 Å². The summed E-state index contributed by atoms with van der Waals surface area (Å²) in [6, 6.07) is 75.1. The maximum absolute atomic E-state index is 5.30. The fourth-order valence-corrected chi connectivity index (χ4v) is 8.03. The summed E-state index contributed by atoms with van der Waals surface area (Å²) in [4.78, 5) is 25.8. The van der Waals surface area contributed by atoms with Gasteiger partial charge in [-0.1, -0.05) is 218 Å². The predicted octanol–water partition coefficient (Wildman–Crippen LogP) is 13.4. The first-order chi connectivity index (χ1) is 30.2. The van der Waals surface area contributed by atoms with Gasteiger partial charge in [0.05, 0.1) is 5.69 Å². The van der Waals surface area contributed by atoms with E-state index in [1.807, 2.05) is 36.4 Å². The molecule has 0 atom stereocenters. The van der Waals surface area contributed by atoms with E-state index in [0.29, 0.717) is 23.3 Å². The molecule has 0 amide bonds. The molecule has 0 saturated carbocycles. The lowest BCUT2D eigenvalue weighted by Crippen LogP contribution is -2.03. The Kier molecular flexibility index (Phi) is 9.06. The highest BCUT2D eigenvalue weighted by Gasteiger charge is 2.21. The van der Waals surface area contributed by atoms with Crippen molar-refractivity contribution < 1.29 is 0 Å². The van der Waals surface area contributed by atoms with E-state index in [9.17, 15) is 0 Å². The number of benzene rings is 8. The fourth-order valence-electron chi connectivity index (χ4n) is 8.03. The van der Waals surface area contributed by atoms with Gasteiger partial charge in [-0.15, -0.1) is 0 Å². The predicted molar refractivity (Wildman–Crippen MR) is 247 cm³/mol. The van der Waals surface area contributed by atoms with Crippen molar-refractivity contribution in [1.82, 2.24) is 29.3 Å². The number of fused-ring (bicyclic) bond motifs is 3. The number of nitrogens with zero attached hydrogens (tertiary/aromatic N) is 6. The lowest BCUT2D eigenvalue weighted by molar-refractivity contribution is 1.05. The zero-order valence-electron chi connectivity index (χ0n) is 33.0. The average molecular weight is 781 g/mol. The summed E-state index contributed by atoms with van der Waals surface area (Å²) in [5.74, 6) is 3.25. The minimum absolute atomic E-state index is 0.584. The van der Waals surface area contributed by atoms with Crippen LogP contribution in [-0.4, -0.2) is 29.3 Å². The molecule has 11 rings (SSSR count). The van der Waals surface area contributed by atoms with E-state index in [0.717, 1.165) is 83.6 Å². The van der Waals surface area contributed by atoms with Gasteiger partial charge in [0.25, 0.3) is 0 Å². The molecule has 6 nitrogen and oxygen atoms in total. The Balaban J connectivity index is 1.05. The van der Waals surface area contributed by atoms with Crippen molar-refractivity contribution in [2.45, 2.75) is 0 Å². The molecule has 0 fully saturated rings. The van der Waals surface area contributed by atoms with Crippen LogP contribution in [0.1, 0.15) is 0 Å². The van der Waals surface area contributed by atoms with Crippen molar-refractivity contribution in [2.24, 2.45) is 0 Å². The summed E-state index contributed by atoms with van der Waals surface area (Å²) >= 11 is 0. The van der Waals surface area contributed by atoms with Gasteiger partial charge >= 0.3 is 0 Å². The molecule has 0 bridgehead atoms. The molecule has 0 aliphatic heterocycles. The Hall–Kier alpha value is -8.35. The minimum Gasteiger partial charge on any atom is -0.277 e. The normalized spacial score (nSPS) is 11.3. The second kappa shape index (κ2) is 15.4. The maximum Gasteiger partial charge on any atom is 0.164 e. The number of hydrogen-bond donors (Lipinski definition) is 0. The molecule has 0 unspecified atom stereocenters. The molecular weight excluding hydrogens is 745 g/mol. The third-order valence-electron chi connectivity index (χ3n) is 11.1. The average Bonchev–Trinajstić information content (AvgIpc) is 3.69. The van der Waals surface area contributed by atoms with Gasteiger partial charge in [-0.25, -0.2) is 24.9 Å². The first-order valence-corrected chi connectivity index (χ1v) is 20.3. The number of hydrogen-bond acceptors (Lipinski definition) is 5. The summed E-state index contributed by atoms with van der Waals surface area (Å²) in [6.07, 6.45) is 0. The summed E-state index contributed by atoms with van der Waals surface area (Å²) in [5.41, 5.74) is 12.1. The monoisotopic (exact) mass is 780 g/mol. The van der Waals surface area contributed by atoms with Gasteiger partial charge in [-0.3, -0.25) is 4.40 Å². The first-order valence-electron chi connectivity index (χ1n) is 20.3. The molecule has 0 aliphatic rings. The third kappa shape index (κ3) is 6.82. The van der Waals surface area contributed by atoms with Crippen molar-refractivity contribution in [3.05, 3.63) is 218 Å². The van der Waals surface area contributed by atoms with Crippen LogP contribution in [0.4, 0.5) is 0 Å². The van der Waals surface area contributed by atoms with Crippen LogP contribution < -0.4 is 0 Å². The van der Waals surface area contributed by atoms with E-state index in [1.54, 1.807) is 0 Å². The zero-order chi connectivity index (χ0) is 40.5. The van der Waals surface area contributed by atoms with E-state index in [2.05, 4.69) is 186 Å². The van der Waals surface area contributed by atoms with Crippen LogP contribution in [0, 0.1) is 0 Å². The van der Waals surface area contributed by atoms with E-state index in [1.165, 1.54) is 0 Å². The highest BCUT2D eigenvalue weighted by molar-refractivity contribution is 6.06. The highest BCUT2D eigenvalue weighted by Crippen LogP contribution is 2.38. The van der Waals surface area contributed by atoms with Crippen molar-refractivity contribution in [3.8, 4) is 90.5 Å². The Bertz CT molecular complexity index is 3190. The topological polar surface area (TPSA) is 68.9 Å². The molecule has 0 N–H and O–H groups in total. The van der Waals surface area contributed by atoms with Crippen molar-refractivity contribution in [2.75, 3.05) is 0 Å². The molecule has 6 heteroatoms. The molecule has 0 radical (unpaired) electrons. The molecule has 286 valence electrons. The molecule has 11 aromatic rings. The molecule has 3 heterocycles. The Morgan fingerprint density at radius 3 is 1.00 bits per heavy atom. The van der Waals surface area contributed by atoms with E-state index >= 15 is 0 Å². The van der Waals surface area contributed by atoms with Crippen LogP contribution >= 0.6 is 0 Å². The van der Waals surface area contributed by atoms with Crippen molar-refractivity contribution in [3.63, 3.8) is 0 Å². The van der Waals surface area contributed by atoms with Gasteiger partial charge in [-0.2, -0.15) is 0 Å². The third-order valence-corrected chi connectivity index (χ3v) is 11.1. The Labute approximate surface area is 353 Å². The van der Waals surface area contributed by atoms with Gasteiger partial charge in [0.2, 0.25) is 0 Å². The lowest BCUT2D eigenvalue weighted by Gasteiger charge is -2.13. The molecule has 0 spiro atoms. The molecule has 0 saturated heterocycles. The van der Waals surface area contributed by atoms with E-state index in [-0.39, 0.29) is 0 Å². The van der Waals surface area contributed by atoms with Gasteiger partial charge < -0.3 is 0 Å². The van der Waals surface area contributed by atoms with E-state index < -0.39 is 0 Å². The molecule has 61 heavy (non-hydrogen) atoms. The standard InChI is InChI=1S/C55H36N6/c1-5-15-37(16-6-1)39-25-29-43(30-26-39)50-56-51(44-31-27-40(28-32-44)38-17-7-2-8-18-38)58-52(57-50)45-33-35-46(36-34-45)54-59-53(42-21-11-4-12-22-42)60-55-48-24-14-13-23-47(48)49(61(54)55)41-19-9-3-10-20-41/h1-36H. The Morgan fingerprint density at radius 2 is 0.541 bits per heavy atom. The van der Waals surface area contributed by atoms with Gasteiger partial charge in [0, 0.05) is 38.6 Å². The maximum atomic E-state index is 5.30. The number of rotatable bonds is 8. The zero-order valence-corrected chi connectivity index (χ0v) is 33.0. The highest BCUT2D eigenvalue weighted by atomic mass is 15.1. The van der Waals surface area contributed by atoms with Crippen LogP contribution in [0.5, 0.6) is 0 Å². The van der Waals surface area contributed by atoms with Crippen LogP contribution in [-0.2, 0) is 0 Å². The van der Waals surface area contributed by atoms with Crippen LogP contribution in [0.2, 0.25) is 0 Å². The SMILES string of the molecule is c1ccc(-c2ccc(-c3nc(-c4ccc(-c5ccccc5)cc4)nc(-c4ccc(-c5nc(-c6ccccc6)nc6c7ccccc7c(-c7ccccc7)n56)cc4)n3)cc2)cc1. The molecule has 8 aromatic carbocycles. The summed E-state index contributed by atoms with van der Waals surface area (Å²) in [5, 5.41) is 2.18. The summed E-state index contributed by atoms with van der Waals surface area (Å²) < 4.78 is 2.21. The largest absolute Gasteiger partial charge is 0.277 e. The lowest BCUT2D eigenvalue weighted by atomic mass is 10.0. The number of aromatic nitrogens is 6. The molecular formula is C55H36N6. The van der Waals surface area contributed by atoms with Crippen LogP contribution in [0.15, 0.2) is 218 Å². The van der Waals surface area contributed by atoms with Crippen molar-refractivity contribution in [1.29, 1.82) is 0 Å².